The average molecular weight is 445 g/mol. The van der Waals surface area contributed by atoms with E-state index in [1.165, 1.54) is 0 Å². The zero-order valence-electron chi connectivity index (χ0n) is 17.0. The Morgan fingerprint density at radius 3 is 2.12 bits per heavy atom. The van der Waals surface area contributed by atoms with Crippen LogP contribution in [0.1, 0.15) is 33.7 Å². The summed E-state index contributed by atoms with van der Waals surface area (Å²) in [5.41, 5.74) is 1.76. The zero-order chi connectivity index (χ0) is 22.4. The highest BCUT2D eigenvalue weighted by atomic mass is 35.5. The number of nitro groups is 1. The Morgan fingerprint density at radius 2 is 1.53 bits per heavy atom. The molecular formula is C25H17ClN2O4. The maximum atomic E-state index is 13.9. The third-order valence-corrected chi connectivity index (χ3v) is 7.51. The van der Waals surface area contributed by atoms with Gasteiger partial charge in [0.25, 0.3) is 5.54 Å². The summed E-state index contributed by atoms with van der Waals surface area (Å²) in [6.07, 6.45) is 0. The molecule has 2 amide bonds. The largest absolute Gasteiger partial charge is 0.285 e. The number of aryl methyl sites for hydroxylation is 1. The van der Waals surface area contributed by atoms with Gasteiger partial charge >= 0.3 is 0 Å². The Kier molecular flexibility index (Phi) is 3.76. The van der Waals surface area contributed by atoms with E-state index in [2.05, 4.69) is 0 Å². The summed E-state index contributed by atoms with van der Waals surface area (Å²) >= 11 is 6.18. The minimum Gasteiger partial charge on any atom is -0.274 e. The van der Waals surface area contributed by atoms with Gasteiger partial charge in [0.15, 0.2) is 0 Å². The van der Waals surface area contributed by atoms with E-state index in [9.17, 15) is 19.7 Å². The monoisotopic (exact) mass is 444 g/mol. The summed E-state index contributed by atoms with van der Waals surface area (Å²) in [6.45, 7) is 1.79. The topological polar surface area (TPSA) is 80.5 Å². The number of halogens is 1. The van der Waals surface area contributed by atoms with Gasteiger partial charge in [-0.25, -0.2) is 4.90 Å². The number of rotatable bonds is 2. The number of nitrogens with zero attached hydrogens (tertiary/aromatic N) is 2. The number of carbonyl (C=O) groups excluding carboxylic acids is 2. The zero-order valence-corrected chi connectivity index (χ0v) is 17.7. The molecule has 0 radical (unpaired) electrons. The second-order valence-corrected chi connectivity index (χ2v) is 9.06. The van der Waals surface area contributed by atoms with Crippen molar-refractivity contribution in [3.05, 3.63) is 110 Å². The molecule has 1 heterocycles. The number of hydrogen-bond donors (Lipinski definition) is 0. The number of hydrogen-bond acceptors (Lipinski definition) is 4. The standard InChI is InChI=1S/C25H17ClN2O4/c1-13-10-11-14(26)12-19(13)27-23(29)21-20-15-6-2-4-8-17(15)25(28(31)32,22(21)24(27)30)18-9-5-3-7-16(18)20/h2-12,20-22H,1H3/t20?,21-,22-,25?/m0/s1. The summed E-state index contributed by atoms with van der Waals surface area (Å²) in [5.74, 6) is -3.36. The molecule has 32 heavy (non-hydrogen) atoms. The van der Waals surface area contributed by atoms with Gasteiger partial charge in [0.2, 0.25) is 11.8 Å². The molecule has 1 fully saturated rings. The first-order valence-electron chi connectivity index (χ1n) is 10.4. The van der Waals surface area contributed by atoms with Crippen LogP contribution >= 0.6 is 11.6 Å². The number of carbonyl (C=O) groups is 2. The average Bonchev–Trinajstić information content (AvgIpc) is 3.06. The summed E-state index contributed by atoms with van der Waals surface area (Å²) in [6, 6.07) is 19.3. The second kappa shape index (κ2) is 6.26. The van der Waals surface area contributed by atoms with E-state index in [-0.39, 0.29) is 4.92 Å². The lowest BCUT2D eigenvalue weighted by molar-refractivity contribution is -0.578. The van der Waals surface area contributed by atoms with E-state index in [0.29, 0.717) is 27.4 Å². The molecule has 1 saturated heterocycles. The molecule has 3 aliphatic carbocycles. The number of imide groups is 1. The third kappa shape index (κ3) is 2.06. The second-order valence-electron chi connectivity index (χ2n) is 8.62. The molecular weight excluding hydrogens is 428 g/mol. The molecule has 3 aromatic carbocycles. The van der Waals surface area contributed by atoms with Gasteiger partial charge in [-0.1, -0.05) is 66.2 Å². The predicted octanol–water partition coefficient (Wildman–Crippen LogP) is 4.43. The van der Waals surface area contributed by atoms with Gasteiger partial charge in [0.05, 0.1) is 11.6 Å². The summed E-state index contributed by atoms with van der Waals surface area (Å²) in [7, 11) is 0. The van der Waals surface area contributed by atoms with Crippen molar-refractivity contribution in [3.8, 4) is 0 Å². The first-order chi connectivity index (χ1) is 15.4. The molecule has 0 saturated carbocycles. The first kappa shape index (κ1) is 19.2. The van der Waals surface area contributed by atoms with Crippen LogP contribution in [0.2, 0.25) is 5.02 Å². The molecule has 158 valence electrons. The van der Waals surface area contributed by atoms with Gasteiger partial charge in [-0.05, 0) is 35.7 Å². The van der Waals surface area contributed by atoms with E-state index < -0.39 is 35.1 Å². The van der Waals surface area contributed by atoms with Gasteiger partial charge in [0.1, 0.15) is 5.92 Å². The molecule has 6 nitrogen and oxygen atoms in total. The fourth-order valence-corrected chi connectivity index (χ4v) is 6.27. The molecule has 1 aliphatic heterocycles. The Morgan fingerprint density at radius 1 is 0.938 bits per heavy atom. The van der Waals surface area contributed by atoms with Crippen LogP contribution < -0.4 is 4.90 Å². The van der Waals surface area contributed by atoms with Crippen LogP contribution in [0.15, 0.2) is 66.7 Å². The molecule has 0 N–H and O–H groups in total. The van der Waals surface area contributed by atoms with E-state index in [4.69, 9.17) is 11.6 Å². The lowest BCUT2D eigenvalue weighted by atomic mass is 9.51. The van der Waals surface area contributed by atoms with E-state index >= 15 is 0 Å². The van der Waals surface area contributed by atoms with Crippen LogP contribution in [0, 0.1) is 28.9 Å². The van der Waals surface area contributed by atoms with Gasteiger partial charge in [0, 0.05) is 27.0 Å². The lowest BCUT2D eigenvalue weighted by Gasteiger charge is -2.48. The molecule has 4 aliphatic rings. The van der Waals surface area contributed by atoms with Gasteiger partial charge in [-0.3, -0.25) is 19.7 Å². The maximum Gasteiger partial charge on any atom is 0.285 e. The number of benzene rings is 3. The van der Waals surface area contributed by atoms with Crippen molar-refractivity contribution >= 4 is 29.1 Å². The fourth-order valence-electron chi connectivity index (χ4n) is 6.10. The van der Waals surface area contributed by atoms with Crippen molar-refractivity contribution < 1.29 is 14.5 Å². The molecule has 0 aromatic heterocycles. The summed E-state index contributed by atoms with van der Waals surface area (Å²) < 4.78 is 0. The Labute approximate surface area is 188 Å². The van der Waals surface area contributed by atoms with Crippen molar-refractivity contribution in [2.75, 3.05) is 4.90 Å². The smallest absolute Gasteiger partial charge is 0.274 e. The van der Waals surface area contributed by atoms with Gasteiger partial charge in [-0.15, -0.1) is 0 Å². The van der Waals surface area contributed by atoms with Crippen molar-refractivity contribution in [2.24, 2.45) is 11.8 Å². The first-order valence-corrected chi connectivity index (χ1v) is 10.7. The van der Waals surface area contributed by atoms with E-state index in [0.717, 1.165) is 16.0 Å². The van der Waals surface area contributed by atoms with Gasteiger partial charge < -0.3 is 0 Å². The van der Waals surface area contributed by atoms with Crippen molar-refractivity contribution in [2.45, 2.75) is 18.4 Å². The fraction of sp³-hybridized carbons (Fsp3) is 0.200. The minimum absolute atomic E-state index is 0.364. The number of amides is 2. The van der Waals surface area contributed by atoms with Crippen LogP contribution in [0.5, 0.6) is 0 Å². The van der Waals surface area contributed by atoms with Crippen LogP contribution in [0.3, 0.4) is 0 Å². The summed E-state index contributed by atoms with van der Waals surface area (Å²) in [4.78, 5) is 41.4. The minimum atomic E-state index is -1.82. The SMILES string of the molecule is Cc1ccc(Cl)cc1N1C(=O)[C@@H]2[C@@H](C1=O)C1c3ccccc3C2([N+](=O)[O-])c2ccccc21. The molecule has 0 unspecified atom stereocenters. The van der Waals surface area contributed by atoms with Crippen LogP contribution in [0.25, 0.3) is 0 Å². The van der Waals surface area contributed by atoms with Crippen molar-refractivity contribution in [1.82, 2.24) is 0 Å². The highest BCUT2D eigenvalue weighted by molar-refractivity contribution is 6.31. The molecule has 3 aromatic rings. The molecule has 0 spiro atoms. The molecule has 7 heteroatoms. The van der Waals surface area contributed by atoms with Crippen molar-refractivity contribution in [1.29, 1.82) is 0 Å². The molecule has 2 bridgehead atoms. The Bertz CT molecular complexity index is 1320. The van der Waals surface area contributed by atoms with Gasteiger partial charge in [-0.2, -0.15) is 0 Å². The van der Waals surface area contributed by atoms with E-state index in [1.54, 1.807) is 49.4 Å². The molecule has 7 rings (SSSR count). The molecule has 2 atom stereocenters. The highest BCUT2D eigenvalue weighted by Crippen LogP contribution is 2.64. The quantitative estimate of drug-likeness (QED) is 0.332. The third-order valence-electron chi connectivity index (χ3n) is 7.27. The van der Waals surface area contributed by atoms with Crippen LogP contribution in [-0.4, -0.2) is 16.7 Å². The van der Waals surface area contributed by atoms with E-state index in [1.807, 2.05) is 24.3 Å². The summed E-state index contributed by atoms with van der Waals surface area (Å²) in [5, 5.41) is 13.3. The Hall–Kier alpha value is -3.51. The predicted molar refractivity (Wildman–Crippen MR) is 118 cm³/mol. The van der Waals surface area contributed by atoms with Crippen molar-refractivity contribution in [3.63, 3.8) is 0 Å². The highest BCUT2D eigenvalue weighted by Gasteiger charge is 2.74. The Balaban J connectivity index is 1.68. The maximum absolute atomic E-state index is 13.9. The lowest BCUT2D eigenvalue weighted by Crippen LogP contribution is -2.57. The van der Waals surface area contributed by atoms with Crippen LogP contribution in [-0.2, 0) is 15.1 Å². The number of anilines is 1. The normalized spacial score (nSPS) is 27.2. The van der Waals surface area contributed by atoms with Crippen LogP contribution in [0.4, 0.5) is 5.69 Å².